The van der Waals surface area contributed by atoms with Gasteiger partial charge >= 0.3 is 5.97 Å². The van der Waals surface area contributed by atoms with Gasteiger partial charge in [-0.1, -0.05) is 22.0 Å². The van der Waals surface area contributed by atoms with E-state index in [4.69, 9.17) is 14.2 Å². The standard InChI is InChI=1S/C19H22BrNO5/c1-4-26-19(23)15-8-10-21(18(22)16(15)12-20)9-7-13-5-6-14(24-2)11-17(13)25-3/h5-6,8,10-11H,4,7,9,12H2,1-3H3. The molecule has 0 aliphatic carbocycles. The molecule has 7 heteroatoms. The largest absolute Gasteiger partial charge is 0.497 e. The molecule has 0 amide bonds. The number of hydrogen-bond donors (Lipinski definition) is 0. The van der Waals surface area contributed by atoms with Crippen molar-refractivity contribution < 1.29 is 19.0 Å². The summed E-state index contributed by atoms with van der Waals surface area (Å²) in [6.45, 7) is 2.46. The van der Waals surface area contributed by atoms with Crippen molar-refractivity contribution in [2.45, 2.75) is 25.2 Å². The van der Waals surface area contributed by atoms with E-state index in [9.17, 15) is 9.59 Å². The zero-order valence-electron chi connectivity index (χ0n) is 15.1. The Labute approximate surface area is 160 Å². The Hall–Kier alpha value is -2.28. The molecule has 26 heavy (non-hydrogen) atoms. The van der Waals surface area contributed by atoms with Gasteiger partial charge in [0.05, 0.1) is 26.4 Å². The van der Waals surface area contributed by atoms with Crippen LogP contribution in [0.1, 0.15) is 28.4 Å². The molecule has 0 radical (unpaired) electrons. The quantitative estimate of drug-likeness (QED) is 0.481. The summed E-state index contributed by atoms with van der Waals surface area (Å²) in [6.07, 6.45) is 2.23. The number of halogens is 1. The molecule has 0 saturated heterocycles. The highest BCUT2D eigenvalue weighted by Gasteiger charge is 2.16. The average Bonchev–Trinajstić information content (AvgIpc) is 2.66. The van der Waals surface area contributed by atoms with Gasteiger partial charge in [-0.05, 0) is 31.0 Å². The highest BCUT2D eigenvalue weighted by molar-refractivity contribution is 9.08. The van der Waals surface area contributed by atoms with Crippen LogP contribution in [0, 0.1) is 0 Å². The zero-order chi connectivity index (χ0) is 19.1. The molecule has 0 spiro atoms. The fourth-order valence-electron chi connectivity index (χ4n) is 2.63. The molecule has 0 aliphatic heterocycles. The zero-order valence-corrected chi connectivity index (χ0v) is 16.7. The predicted octanol–water partition coefficient (Wildman–Crippen LogP) is 3.18. The Morgan fingerprint density at radius 2 is 1.96 bits per heavy atom. The summed E-state index contributed by atoms with van der Waals surface area (Å²) in [4.78, 5) is 24.7. The molecule has 0 N–H and O–H groups in total. The van der Waals surface area contributed by atoms with Crippen molar-refractivity contribution >= 4 is 21.9 Å². The monoisotopic (exact) mass is 423 g/mol. The molecule has 1 aromatic heterocycles. The number of aryl methyl sites for hydroxylation is 2. The van der Waals surface area contributed by atoms with Gasteiger partial charge in [0.1, 0.15) is 11.5 Å². The lowest BCUT2D eigenvalue weighted by molar-refractivity contribution is 0.0525. The number of alkyl halides is 1. The highest BCUT2D eigenvalue weighted by atomic mass is 79.9. The lowest BCUT2D eigenvalue weighted by Gasteiger charge is -2.13. The van der Waals surface area contributed by atoms with Crippen LogP contribution in [-0.2, 0) is 23.0 Å². The van der Waals surface area contributed by atoms with Crippen molar-refractivity contribution in [2.24, 2.45) is 0 Å². The van der Waals surface area contributed by atoms with Crippen LogP contribution in [0.25, 0.3) is 0 Å². The molecule has 0 atom stereocenters. The molecule has 2 rings (SSSR count). The van der Waals surface area contributed by atoms with Gasteiger partial charge in [-0.3, -0.25) is 4.79 Å². The van der Waals surface area contributed by atoms with Crippen LogP contribution >= 0.6 is 15.9 Å². The Balaban J connectivity index is 2.26. The van der Waals surface area contributed by atoms with E-state index < -0.39 is 5.97 Å². The van der Waals surface area contributed by atoms with Gasteiger partial charge in [-0.25, -0.2) is 4.79 Å². The van der Waals surface area contributed by atoms with Gasteiger partial charge < -0.3 is 18.8 Å². The Bertz CT molecular complexity index is 831. The maximum absolute atomic E-state index is 12.7. The van der Waals surface area contributed by atoms with E-state index in [0.717, 1.165) is 5.56 Å². The second-order valence-corrected chi connectivity index (χ2v) is 6.05. The molecule has 2 aromatic rings. The number of methoxy groups -OCH3 is 2. The molecule has 1 heterocycles. The molecule has 0 fully saturated rings. The van der Waals surface area contributed by atoms with E-state index in [1.807, 2.05) is 18.2 Å². The number of nitrogens with zero attached hydrogens (tertiary/aromatic N) is 1. The van der Waals surface area contributed by atoms with Gasteiger partial charge in [0.15, 0.2) is 0 Å². The maximum Gasteiger partial charge on any atom is 0.338 e. The van der Waals surface area contributed by atoms with Crippen molar-refractivity contribution in [1.82, 2.24) is 4.57 Å². The molecule has 0 saturated carbocycles. The maximum atomic E-state index is 12.7. The summed E-state index contributed by atoms with van der Waals surface area (Å²) in [6, 6.07) is 7.21. The van der Waals surface area contributed by atoms with E-state index >= 15 is 0 Å². The van der Waals surface area contributed by atoms with E-state index in [1.54, 1.807) is 38.0 Å². The molecular weight excluding hydrogens is 402 g/mol. The minimum absolute atomic E-state index is 0.208. The summed E-state index contributed by atoms with van der Waals surface area (Å²) in [5.74, 6) is 0.937. The van der Waals surface area contributed by atoms with Crippen LogP contribution in [-0.4, -0.2) is 31.4 Å². The van der Waals surface area contributed by atoms with Gasteiger partial charge in [-0.2, -0.15) is 0 Å². The van der Waals surface area contributed by atoms with Crippen LogP contribution in [0.4, 0.5) is 0 Å². The van der Waals surface area contributed by atoms with Gasteiger partial charge in [-0.15, -0.1) is 0 Å². The van der Waals surface area contributed by atoms with Gasteiger partial charge in [0, 0.05) is 29.7 Å². The fraction of sp³-hybridized carbons (Fsp3) is 0.368. The molecule has 0 unspecified atom stereocenters. The molecule has 0 bridgehead atoms. The molecular formula is C19H22BrNO5. The number of carbonyl (C=O) groups excluding carboxylic acids is 1. The van der Waals surface area contributed by atoms with Gasteiger partial charge in [0.25, 0.3) is 5.56 Å². The smallest absolute Gasteiger partial charge is 0.338 e. The van der Waals surface area contributed by atoms with E-state index in [0.29, 0.717) is 35.6 Å². The number of aromatic nitrogens is 1. The summed E-state index contributed by atoms with van der Waals surface area (Å²) in [5.41, 5.74) is 1.45. The number of rotatable bonds is 8. The first kappa shape index (κ1) is 20.0. The number of benzene rings is 1. The number of carbonyl (C=O) groups is 1. The second kappa shape index (κ2) is 9.43. The lowest BCUT2D eigenvalue weighted by Crippen LogP contribution is -2.27. The van der Waals surface area contributed by atoms with Crippen molar-refractivity contribution in [3.63, 3.8) is 0 Å². The SMILES string of the molecule is CCOC(=O)c1ccn(CCc2ccc(OC)cc2OC)c(=O)c1CBr. The van der Waals surface area contributed by atoms with Crippen molar-refractivity contribution in [1.29, 1.82) is 0 Å². The highest BCUT2D eigenvalue weighted by Crippen LogP contribution is 2.25. The van der Waals surface area contributed by atoms with Crippen LogP contribution < -0.4 is 15.0 Å². The Morgan fingerprint density at radius 3 is 2.58 bits per heavy atom. The third kappa shape index (κ3) is 4.46. The summed E-state index contributed by atoms with van der Waals surface area (Å²) >= 11 is 3.29. The van der Waals surface area contributed by atoms with Crippen molar-refractivity contribution in [3.8, 4) is 11.5 Å². The van der Waals surface area contributed by atoms with Gasteiger partial charge in [0.2, 0.25) is 0 Å². The van der Waals surface area contributed by atoms with E-state index in [-0.39, 0.29) is 17.5 Å². The predicted molar refractivity (Wildman–Crippen MR) is 103 cm³/mol. The second-order valence-electron chi connectivity index (χ2n) is 5.49. The molecule has 0 aliphatic rings. The third-order valence-electron chi connectivity index (χ3n) is 4.01. The van der Waals surface area contributed by atoms with E-state index in [2.05, 4.69) is 15.9 Å². The summed E-state index contributed by atoms with van der Waals surface area (Å²) in [5, 5.41) is 0.284. The topological polar surface area (TPSA) is 66.8 Å². The van der Waals surface area contributed by atoms with Crippen LogP contribution in [0.2, 0.25) is 0 Å². The fourth-order valence-corrected chi connectivity index (χ4v) is 3.17. The first-order chi connectivity index (χ1) is 12.5. The molecule has 6 nitrogen and oxygen atoms in total. The number of hydrogen-bond acceptors (Lipinski definition) is 5. The number of pyridine rings is 1. The molecule has 1 aromatic carbocycles. The van der Waals surface area contributed by atoms with Crippen molar-refractivity contribution in [2.75, 3.05) is 20.8 Å². The summed E-state index contributed by atoms with van der Waals surface area (Å²) < 4.78 is 17.2. The van der Waals surface area contributed by atoms with E-state index in [1.165, 1.54) is 0 Å². The molecule has 140 valence electrons. The first-order valence-corrected chi connectivity index (χ1v) is 9.34. The third-order valence-corrected chi connectivity index (χ3v) is 4.57. The summed E-state index contributed by atoms with van der Waals surface area (Å²) in [7, 11) is 3.20. The lowest BCUT2D eigenvalue weighted by atomic mass is 10.1. The van der Waals surface area contributed by atoms with Crippen LogP contribution in [0.3, 0.4) is 0 Å². The normalized spacial score (nSPS) is 10.5. The first-order valence-electron chi connectivity index (χ1n) is 8.22. The average molecular weight is 424 g/mol. The minimum atomic E-state index is -0.483. The van der Waals surface area contributed by atoms with Crippen LogP contribution in [0.15, 0.2) is 35.3 Å². The minimum Gasteiger partial charge on any atom is -0.497 e. The number of esters is 1. The Morgan fingerprint density at radius 1 is 1.19 bits per heavy atom. The van der Waals surface area contributed by atoms with Crippen LogP contribution in [0.5, 0.6) is 11.5 Å². The Kier molecular flexibility index (Phi) is 7.26. The van der Waals surface area contributed by atoms with Crippen molar-refractivity contribution in [3.05, 3.63) is 57.5 Å². The number of ether oxygens (including phenoxy) is 3.